The largest absolute Gasteiger partial charge is 0.385 e. The maximum absolute atomic E-state index is 13.7. The van der Waals surface area contributed by atoms with Crippen LogP contribution in [0, 0.1) is 11.2 Å². The predicted octanol–water partition coefficient (Wildman–Crippen LogP) is 2.54. The summed E-state index contributed by atoms with van der Waals surface area (Å²) in [6, 6.07) is 7.39. The molecule has 0 aliphatic heterocycles. The number of rotatable bonds is 3. The number of halogens is 1. The minimum absolute atomic E-state index is 0.0950. The summed E-state index contributed by atoms with van der Waals surface area (Å²) in [5.41, 5.74) is 6.31. The van der Waals surface area contributed by atoms with Crippen LogP contribution in [-0.2, 0) is 0 Å². The van der Waals surface area contributed by atoms with Crippen LogP contribution in [0.1, 0.15) is 18.9 Å². The van der Waals surface area contributed by atoms with E-state index in [1.54, 1.807) is 25.1 Å². The Morgan fingerprint density at radius 3 is 2.68 bits per heavy atom. The molecule has 0 bridgehead atoms. The average molecular weight is 259 g/mol. The zero-order chi connectivity index (χ0) is 14.0. The third kappa shape index (κ3) is 2.40. The number of nitrogen functional groups attached to an aromatic ring is 1. The normalized spacial score (nSPS) is 10.4. The molecule has 1 heterocycles. The van der Waals surface area contributed by atoms with E-state index in [9.17, 15) is 9.18 Å². The van der Waals surface area contributed by atoms with Gasteiger partial charge in [0.15, 0.2) is 5.43 Å². The minimum atomic E-state index is -0.434. The second kappa shape index (κ2) is 5.06. The summed E-state index contributed by atoms with van der Waals surface area (Å²) in [5, 5.41) is 7.70. The van der Waals surface area contributed by atoms with Crippen molar-refractivity contribution < 1.29 is 4.39 Å². The van der Waals surface area contributed by atoms with Gasteiger partial charge in [-0.1, -0.05) is 19.1 Å². The highest BCUT2D eigenvalue weighted by Crippen LogP contribution is 2.21. The summed E-state index contributed by atoms with van der Waals surface area (Å²) < 4.78 is 13.7. The topological polar surface area (TPSA) is 82.7 Å². The molecule has 0 saturated heterocycles. The molecule has 0 amide bonds. The van der Waals surface area contributed by atoms with Crippen LogP contribution >= 0.6 is 0 Å². The molecule has 0 aliphatic carbocycles. The first-order valence-electron chi connectivity index (χ1n) is 5.90. The van der Waals surface area contributed by atoms with Gasteiger partial charge < -0.3 is 16.1 Å². The smallest absolute Gasteiger partial charge is 0.193 e. The Morgan fingerprint density at radius 1 is 1.42 bits per heavy atom. The van der Waals surface area contributed by atoms with E-state index in [1.807, 2.05) is 0 Å². The van der Waals surface area contributed by atoms with E-state index >= 15 is 0 Å². The van der Waals surface area contributed by atoms with Crippen molar-refractivity contribution in [3.63, 3.8) is 0 Å². The quantitative estimate of drug-likeness (QED) is 0.740. The zero-order valence-electron chi connectivity index (χ0n) is 10.5. The van der Waals surface area contributed by atoms with E-state index in [0.29, 0.717) is 12.1 Å². The van der Waals surface area contributed by atoms with Crippen LogP contribution in [0.4, 0.5) is 10.2 Å². The van der Waals surface area contributed by atoms with Gasteiger partial charge >= 0.3 is 0 Å². The predicted molar refractivity (Wildman–Crippen MR) is 74.0 cm³/mol. The maximum atomic E-state index is 13.7. The fourth-order valence-corrected chi connectivity index (χ4v) is 1.89. The maximum Gasteiger partial charge on any atom is 0.193 e. The highest BCUT2D eigenvalue weighted by Gasteiger charge is 2.13. The molecule has 0 saturated carbocycles. The molecule has 98 valence electrons. The molecule has 0 unspecified atom stereocenters. The fraction of sp³-hybridized carbons (Fsp3) is 0.143. The number of aromatic nitrogens is 1. The van der Waals surface area contributed by atoms with Crippen molar-refractivity contribution in [1.29, 1.82) is 5.41 Å². The van der Waals surface area contributed by atoms with Gasteiger partial charge in [-0.2, -0.15) is 0 Å². The first-order valence-corrected chi connectivity index (χ1v) is 5.90. The van der Waals surface area contributed by atoms with E-state index in [0.717, 1.165) is 0 Å². The molecule has 0 fully saturated rings. The number of benzene rings is 1. The van der Waals surface area contributed by atoms with Gasteiger partial charge in [0.05, 0.1) is 11.3 Å². The Balaban J connectivity index is 2.62. The summed E-state index contributed by atoms with van der Waals surface area (Å²) in [4.78, 5) is 14.8. The van der Waals surface area contributed by atoms with Crippen LogP contribution in [0.3, 0.4) is 0 Å². The Labute approximate surface area is 109 Å². The number of nitrogens with one attached hydrogen (secondary N) is 2. The molecule has 4 N–H and O–H groups in total. The fourth-order valence-electron chi connectivity index (χ4n) is 1.89. The van der Waals surface area contributed by atoms with Crippen LogP contribution in [0.5, 0.6) is 0 Å². The Hall–Kier alpha value is -2.43. The van der Waals surface area contributed by atoms with Crippen LogP contribution in [0.25, 0.3) is 11.3 Å². The second-order valence-electron chi connectivity index (χ2n) is 4.15. The lowest BCUT2D eigenvalue weighted by molar-refractivity contribution is 0.631. The SMILES string of the molecule is CCC(=N)c1c(N)[nH]c(-c2ccccc2F)cc1=O. The van der Waals surface area contributed by atoms with Gasteiger partial charge in [0.25, 0.3) is 0 Å². The highest BCUT2D eigenvalue weighted by atomic mass is 19.1. The van der Waals surface area contributed by atoms with Crippen molar-refractivity contribution in [2.45, 2.75) is 13.3 Å². The van der Waals surface area contributed by atoms with Gasteiger partial charge in [-0.05, 0) is 18.6 Å². The van der Waals surface area contributed by atoms with Gasteiger partial charge in [-0.3, -0.25) is 4.79 Å². The Bertz CT molecular complexity index is 691. The molecule has 0 atom stereocenters. The van der Waals surface area contributed by atoms with Crippen molar-refractivity contribution in [3.8, 4) is 11.3 Å². The van der Waals surface area contributed by atoms with Crippen molar-refractivity contribution in [2.75, 3.05) is 5.73 Å². The van der Waals surface area contributed by atoms with Crippen LogP contribution in [0.2, 0.25) is 0 Å². The van der Waals surface area contributed by atoms with Gasteiger partial charge in [-0.25, -0.2) is 4.39 Å². The highest BCUT2D eigenvalue weighted by molar-refractivity contribution is 6.01. The standard InChI is InChI=1S/C14H14FN3O/c1-2-10(16)13-12(19)7-11(18-14(13)17)8-5-3-4-6-9(8)15/h3-7,16H,2H2,1H3,(H3,17,18,19). The molecular formula is C14H14FN3O. The van der Waals surface area contributed by atoms with Crippen molar-refractivity contribution in [2.24, 2.45) is 0 Å². The zero-order valence-corrected chi connectivity index (χ0v) is 10.5. The van der Waals surface area contributed by atoms with Crippen molar-refractivity contribution in [1.82, 2.24) is 4.98 Å². The lowest BCUT2D eigenvalue weighted by Gasteiger charge is -2.09. The van der Waals surface area contributed by atoms with Gasteiger partial charge in [0.2, 0.25) is 0 Å². The molecule has 0 radical (unpaired) electrons. The monoisotopic (exact) mass is 259 g/mol. The molecular weight excluding hydrogens is 245 g/mol. The molecule has 1 aromatic heterocycles. The summed E-state index contributed by atoms with van der Waals surface area (Å²) in [6.07, 6.45) is 0.409. The van der Waals surface area contributed by atoms with Crippen molar-refractivity contribution >= 4 is 11.5 Å². The third-order valence-corrected chi connectivity index (χ3v) is 2.88. The molecule has 19 heavy (non-hydrogen) atoms. The molecule has 5 heteroatoms. The lowest BCUT2D eigenvalue weighted by Crippen LogP contribution is -2.18. The third-order valence-electron chi connectivity index (χ3n) is 2.88. The minimum Gasteiger partial charge on any atom is -0.385 e. The summed E-state index contributed by atoms with van der Waals surface area (Å²) in [7, 11) is 0. The van der Waals surface area contributed by atoms with Crippen LogP contribution in [0.15, 0.2) is 35.1 Å². The first-order chi connectivity index (χ1) is 9.04. The molecule has 4 nitrogen and oxygen atoms in total. The van der Waals surface area contributed by atoms with E-state index in [2.05, 4.69) is 4.98 Å². The molecule has 0 aliphatic rings. The average Bonchev–Trinajstić information content (AvgIpc) is 2.38. The number of anilines is 1. The van der Waals surface area contributed by atoms with E-state index < -0.39 is 5.82 Å². The first kappa shape index (κ1) is 13.0. The molecule has 0 spiro atoms. The van der Waals surface area contributed by atoms with E-state index in [-0.39, 0.29) is 28.1 Å². The molecule has 2 rings (SSSR count). The number of aromatic amines is 1. The number of pyridine rings is 1. The Kier molecular flexibility index (Phi) is 3.46. The summed E-state index contributed by atoms with van der Waals surface area (Å²) in [5.74, 6) is -0.339. The second-order valence-corrected chi connectivity index (χ2v) is 4.15. The van der Waals surface area contributed by atoms with Gasteiger partial charge in [0, 0.05) is 17.3 Å². The Morgan fingerprint density at radius 2 is 2.11 bits per heavy atom. The van der Waals surface area contributed by atoms with E-state index in [4.69, 9.17) is 11.1 Å². The summed E-state index contributed by atoms with van der Waals surface area (Å²) >= 11 is 0. The van der Waals surface area contributed by atoms with Gasteiger partial charge in [-0.15, -0.1) is 0 Å². The van der Waals surface area contributed by atoms with Crippen molar-refractivity contribution in [3.05, 3.63) is 51.9 Å². The number of nitrogens with two attached hydrogens (primary N) is 1. The van der Waals surface area contributed by atoms with Crippen LogP contribution < -0.4 is 11.2 Å². The van der Waals surface area contributed by atoms with Gasteiger partial charge in [0.1, 0.15) is 11.6 Å². The lowest BCUT2D eigenvalue weighted by atomic mass is 10.1. The van der Waals surface area contributed by atoms with Crippen LogP contribution in [-0.4, -0.2) is 10.7 Å². The summed E-state index contributed by atoms with van der Waals surface area (Å²) in [6.45, 7) is 1.77. The van der Waals surface area contributed by atoms with E-state index in [1.165, 1.54) is 12.1 Å². The number of hydrogen-bond acceptors (Lipinski definition) is 3. The molecule has 2 aromatic rings. The number of H-pyrrole nitrogens is 1. The molecule has 1 aromatic carbocycles. The number of hydrogen-bond donors (Lipinski definition) is 3.